The van der Waals surface area contributed by atoms with E-state index in [1.54, 1.807) is 12.1 Å². The Balaban J connectivity index is 1.96. The SMILES string of the molecule is NCC(Cc1ccc(OC(F)F)cc1)C(=O)N1CCCC1. The molecule has 0 bridgehead atoms. The van der Waals surface area contributed by atoms with Crippen molar-refractivity contribution in [2.24, 2.45) is 11.7 Å². The van der Waals surface area contributed by atoms with E-state index in [2.05, 4.69) is 4.74 Å². The first kappa shape index (κ1) is 15.7. The van der Waals surface area contributed by atoms with Crippen molar-refractivity contribution < 1.29 is 18.3 Å². The van der Waals surface area contributed by atoms with Gasteiger partial charge in [-0.15, -0.1) is 0 Å². The van der Waals surface area contributed by atoms with Crippen molar-refractivity contribution in [3.8, 4) is 5.75 Å². The Morgan fingerprint density at radius 2 is 1.86 bits per heavy atom. The third-order valence-electron chi connectivity index (χ3n) is 3.68. The first-order valence-corrected chi connectivity index (χ1v) is 7.12. The van der Waals surface area contributed by atoms with Crippen molar-refractivity contribution in [2.45, 2.75) is 25.9 Å². The largest absolute Gasteiger partial charge is 0.435 e. The second-order valence-electron chi connectivity index (χ2n) is 5.19. The third kappa shape index (κ3) is 4.39. The molecule has 1 aliphatic rings. The number of carbonyl (C=O) groups excluding carboxylic acids is 1. The van der Waals surface area contributed by atoms with E-state index >= 15 is 0 Å². The lowest BCUT2D eigenvalue weighted by molar-refractivity contribution is -0.134. The lowest BCUT2D eigenvalue weighted by Crippen LogP contribution is -2.38. The average Bonchev–Trinajstić information content (AvgIpc) is 2.99. The van der Waals surface area contributed by atoms with Gasteiger partial charge in [-0.25, -0.2) is 0 Å². The topological polar surface area (TPSA) is 55.6 Å². The molecule has 0 spiro atoms. The number of rotatable bonds is 6. The first-order valence-electron chi connectivity index (χ1n) is 7.12. The lowest BCUT2D eigenvalue weighted by Gasteiger charge is -2.22. The number of hydrogen-bond acceptors (Lipinski definition) is 3. The van der Waals surface area contributed by atoms with Gasteiger partial charge in [-0.2, -0.15) is 8.78 Å². The highest BCUT2D eigenvalue weighted by atomic mass is 19.3. The fraction of sp³-hybridized carbons (Fsp3) is 0.533. The molecule has 1 aliphatic heterocycles. The maximum atomic E-state index is 12.3. The molecule has 0 radical (unpaired) electrons. The summed E-state index contributed by atoms with van der Waals surface area (Å²) in [5, 5.41) is 0. The van der Waals surface area contributed by atoms with Gasteiger partial charge in [0.15, 0.2) is 0 Å². The molecule has 0 aromatic heterocycles. The number of likely N-dealkylation sites (tertiary alicyclic amines) is 1. The molecule has 0 saturated carbocycles. The van der Waals surface area contributed by atoms with Gasteiger partial charge < -0.3 is 15.4 Å². The highest BCUT2D eigenvalue weighted by molar-refractivity contribution is 5.79. The monoisotopic (exact) mass is 298 g/mol. The Hall–Kier alpha value is -1.69. The molecule has 1 unspecified atom stereocenters. The van der Waals surface area contributed by atoms with Crippen molar-refractivity contribution in [2.75, 3.05) is 19.6 Å². The van der Waals surface area contributed by atoms with Crippen LogP contribution in [0.3, 0.4) is 0 Å². The van der Waals surface area contributed by atoms with Crippen LogP contribution in [0.25, 0.3) is 0 Å². The number of benzene rings is 1. The number of alkyl halides is 2. The summed E-state index contributed by atoms with van der Waals surface area (Å²) < 4.78 is 28.4. The molecule has 2 rings (SSSR count). The number of hydrogen-bond donors (Lipinski definition) is 1. The zero-order valence-electron chi connectivity index (χ0n) is 11.8. The van der Waals surface area contributed by atoms with E-state index in [9.17, 15) is 13.6 Å². The van der Waals surface area contributed by atoms with Crippen LogP contribution < -0.4 is 10.5 Å². The molecule has 116 valence electrons. The van der Waals surface area contributed by atoms with Crippen molar-refractivity contribution in [3.63, 3.8) is 0 Å². The van der Waals surface area contributed by atoms with Crippen LogP contribution in [-0.2, 0) is 11.2 Å². The summed E-state index contributed by atoms with van der Waals surface area (Å²) in [5.41, 5.74) is 6.60. The van der Waals surface area contributed by atoms with Gasteiger partial charge in [-0.3, -0.25) is 4.79 Å². The number of carbonyl (C=O) groups is 1. The van der Waals surface area contributed by atoms with Gasteiger partial charge in [0.1, 0.15) is 5.75 Å². The Labute approximate surface area is 122 Å². The van der Waals surface area contributed by atoms with Gasteiger partial charge in [0.2, 0.25) is 5.91 Å². The highest BCUT2D eigenvalue weighted by Gasteiger charge is 2.25. The predicted octanol–water partition coefficient (Wildman–Crippen LogP) is 2.03. The zero-order valence-corrected chi connectivity index (χ0v) is 11.8. The normalized spacial score (nSPS) is 16.3. The molecule has 0 aliphatic carbocycles. The smallest absolute Gasteiger partial charge is 0.387 e. The Morgan fingerprint density at radius 1 is 1.24 bits per heavy atom. The molecular weight excluding hydrogens is 278 g/mol. The maximum Gasteiger partial charge on any atom is 0.387 e. The fourth-order valence-electron chi connectivity index (χ4n) is 2.56. The fourth-order valence-corrected chi connectivity index (χ4v) is 2.56. The number of halogens is 2. The molecule has 1 aromatic carbocycles. The summed E-state index contributed by atoms with van der Waals surface area (Å²) in [6, 6.07) is 6.35. The molecule has 4 nitrogen and oxygen atoms in total. The van der Waals surface area contributed by atoms with E-state index < -0.39 is 6.61 Å². The summed E-state index contributed by atoms with van der Waals surface area (Å²) >= 11 is 0. The first-order chi connectivity index (χ1) is 10.1. The van der Waals surface area contributed by atoms with Crippen LogP contribution in [0.5, 0.6) is 5.75 Å². The number of nitrogens with zero attached hydrogens (tertiary/aromatic N) is 1. The summed E-state index contributed by atoms with van der Waals surface area (Å²) in [4.78, 5) is 14.2. The molecule has 1 aromatic rings. The van der Waals surface area contributed by atoms with Crippen LogP contribution in [0.4, 0.5) is 8.78 Å². The second-order valence-corrected chi connectivity index (χ2v) is 5.19. The minimum Gasteiger partial charge on any atom is -0.435 e. The third-order valence-corrected chi connectivity index (χ3v) is 3.68. The van der Waals surface area contributed by atoms with Gasteiger partial charge in [-0.1, -0.05) is 12.1 Å². The molecule has 21 heavy (non-hydrogen) atoms. The quantitative estimate of drug-likeness (QED) is 0.874. The van der Waals surface area contributed by atoms with E-state index in [-0.39, 0.29) is 24.1 Å². The van der Waals surface area contributed by atoms with Crippen molar-refractivity contribution in [3.05, 3.63) is 29.8 Å². The average molecular weight is 298 g/mol. The molecule has 2 N–H and O–H groups in total. The lowest BCUT2D eigenvalue weighted by atomic mass is 9.98. The van der Waals surface area contributed by atoms with E-state index in [1.807, 2.05) is 4.90 Å². The Kier molecular flexibility index (Phi) is 5.50. The molecule has 1 heterocycles. The van der Waals surface area contributed by atoms with Gasteiger partial charge in [0.25, 0.3) is 0 Å². The van der Waals surface area contributed by atoms with Crippen LogP contribution in [0, 0.1) is 5.92 Å². The van der Waals surface area contributed by atoms with Crippen molar-refractivity contribution in [1.29, 1.82) is 0 Å². The van der Waals surface area contributed by atoms with Crippen LogP contribution >= 0.6 is 0 Å². The Bertz CT molecular complexity index is 459. The standard InChI is InChI=1S/C15H20F2N2O2/c16-15(17)21-13-5-3-11(4-6-13)9-12(10-18)14(20)19-7-1-2-8-19/h3-6,12,15H,1-2,7-10,18H2. The summed E-state index contributed by atoms with van der Waals surface area (Å²) in [7, 11) is 0. The number of amides is 1. The van der Waals surface area contributed by atoms with E-state index in [1.165, 1.54) is 12.1 Å². The molecule has 1 saturated heterocycles. The van der Waals surface area contributed by atoms with Crippen molar-refractivity contribution >= 4 is 5.91 Å². The molecule has 1 fully saturated rings. The van der Waals surface area contributed by atoms with Crippen LogP contribution in [-0.4, -0.2) is 37.1 Å². The maximum absolute atomic E-state index is 12.3. The zero-order chi connectivity index (χ0) is 15.2. The van der Waals surface area contributed by atoms with Gasteiger partial charge in [0, 0.05) is 19.6 Å². The van der Waals surface area contributed by atoms with Crippen LogP contribution in [0.1, 0.15) is 18.4 Å². The van der Waals surface area contributed by atoms with E-state index in [0.717, 1.165) is 31.5 Å². The summed E-state index contributed by atoms with van der Waals surface area (Å²) in [5.74, 6) is -0.0585. The highest BCUT2D eigenvalue weighted by Crippen LogP contribution is 2.19. The minimum atomic E-state index is -2.83. The van der Waals surface area contributed by atoms with E-state index in [4.69, 9.17) is 5.73 Å². The predicted molar refractivity (Wildman–Crippen MR) is 75.1 cm³/mol. The number of ether oxygens (including phenoxy) is 1. The molecule has 1 amide bonds. The van der Waals surface area contributed by atoms with Crippen LogP contribution in [0.2, 0.25) is 0 Å². The van der Waals surface area contributed by atoms with Crippen molar-refractivity contribution in [1.82, 2.24) is 4.90 Å². The van der Waals surface area contributed by atoms with Gasteiger partial charge in [-0.05, 0) is 37.0 Å². The summed E-state index contributed by atoms with van der Waals surface area (Å²) in [6.07, 6.45) is 2.60. The van der Waals surface area contributed by atoms with Gasteiger partial charge >= 0.3 is 6.61 Å². The molecular formula is C15H20F2N2O2. The molecule has 1 atom stereocenters. The minimum absolute atomic E-state index is 0.0860. The summed E-state index contributed by atoms with van der Waals surface area (Å²) in [6.45, 7) is -0.943. The number of nitrogens with two attached hydrogens (primary N) is 1. The van der Waals surface area contributed by atoms with Gasteiger partial charge in [0.05, 0.1) is 5.92 Å². The Morgan fingerprint density at radius 3 is 2.38 bits per heavy atom. The van der Waals surface area contributed by atoms with Crippen LogP contribution in [0.15, 0.2) is 24.3 Å². The molecule has 6 heteroatoms. The van der Waals surface area contributed by atoms with E-state index in [0.29, 0.717) is 6.42 Å². The second kappa shape index (κ2) is 7.36.